The van der Waals surface area contributed by atoms with Crippen molar-refractivity contribution in [1.82, 2.24) is 0 Å². The molecule has 2 aromatic rings. The summed E-state index contributed by atoms with van der Waals surface area (Å²) in [7, 11) is 0. The lowest BCUT2D eigenvalue weighted by Gasteiger charge is -2.07. The second kappa shape index (κ2) is 6.10. The second-order valence-electron chi connectivity index (χ2n) is 4.72. The Balaban J connectivity index is 1.90. The SMILES string of the molecule is CC(C)Cc1ccc(OOc2ccccc2)cc1. The van der Waals surface area contributed by atoms with Crippen molar-refractivity contribution in [2.45, 2.75) is 20.3 Å². The average molecular weight is 242 g/mol. The fourth-order valence-corrected chi connectivity index (χ4v) is 1.72. The molecule has 0 aromatic heterocycles. The van der Waals surface area contributed by atoms with Crippen molar-refractivity contribution in [3.8, 4) is 11.5 Å². The van der Waals surface area contributed by atoms with E-state index in [-0.39, 0.29) is 0 Å². The van der Waals surface area contributed by atoms with Gasteiger partial charge in [0.15, 0.2) is 11.5 Å². The molecule has 2 rings (SSSR count). The number of rotatable bonds is 5. The first-order chi connectivity index (χ1) is 8.74. The lowest BCUT2D eigenvalue weighted by atomic mass is 10.0. The van der Waals surface area contributed by atoms with E-state index in [1.165, 1.54) is 5.56 Å². The van der Waals surface area contributed by atoms with E-state index in [0.29, 0.717) is 17.4 Å². The molecule has 0 aliphatic carbocycles. The third kappa shape index (κ3) is 3.81. The van der Waals surface area contributed by atoms with E-state index >= 15 is 0 Å². The van der Waals surface area contributed by atoms with Gasteiger partial charge in [-0.1, -0.05) is 44.2 Å². The molecule has 0 bridgehead atoms. The summed E-state index contributed by atoms with van der Waals surface area (Å²) in [6, 6.07) is 17.5. The van der Waals surface area contributed by atoms with Gasteiger partial charge >= 0.3 is 0 Å². The van der Waals surface area contributed by atoms with Crippen LogP contribution in [-0.2, 0) is 6.42 Å². The summed E-state index contributed by atoms with van der Waals surface area (Å²) in [5, 5.41) is 0. The van der Waals surface area contributed by atoms with Crippen LogP contribution in [-0.4, -0.2) is 0 Å². The molecule has 0 spiro atoms. The Kier molecular flexibility index (Phi) is 4.24. The summed E-state index contributed by atoms with van der Waals surface area (Å²) >= 11 is 0. The van der Waals surface area contributed by atoms with Crippen molar-refractivity contribution >= 4 is 0 Å². The number of para-hydroxylation sites is 1. The van der Waals surface area contributed by atoms with E-state index in [2.05, 4.69) is 26.0 Å². The minimum absolute atomic E-state index is 0.664. The van der Waals surface area contributed by atoms with E-state index < -0.39 is 0 Å². The Morgan fingerprint density at radius 3 is 1.89 bits per heavy atom. The topological polar surface area (TPSA) is 18.5 Å². The quantitative estimate of drug-likeness (QED) is 0.576. The molecular weight excluding hydrogens is 224 g/mol. The molecule has 0 aliphatic rings. The molecule has 0 amide bonds. The van der Waals surface area contributed by atoms with E-state index in [4.69, 9.17) is 9.78 Å². The highest BCUT2D eigenvalue weighted by Crippen LogP contribution is 2.17. The maximum absolute atomic E-state index is 5.25. The molecule has 18 heavy (non-hydrogen) atoms. The summed E-state index contributed by atoms with van der Waals surface area (Å²) in [4.78, 5) is 10.5. The van der Waals surface area contributed by atoms with E-state index in [1.54, 1.807) is 0 Å². The highest BCUT2D eigenvalue weighted by Gasteiger charge is 2.00. The summed E-state index contributed by atoms with van der Waals surface area (Å²) < 4.78 is 0. The van der Waals surface area contributed by atoms with E-state index in [9.17, 15) is 0 Å². The standard InChI is InChI=1S/C16H18O2/c1-13(2)12-14-8-10-16(11-9-14)18-17-15-6-4-3-5-7-15/h3-11,13H,12H2,1-2H3. The molecule has 2 heteroatoms. The second-order valence-corrected chi connectivity index (χ2v) is 4.72. The van der Waals surface area contributed by atoms with Crippen molar-refractivity contribution in [1.29, 1.82) is 0 Å². The highest BCUT2D eigenvalue weighted by atomic mass is 17.2. The first kappa shape index (κ1) is 12.5. The molecule has 0 aliphatic heterocycles. The fourth-order valence-electron chi connectivity index (χ4n) is 1.72. The fraction of sp³-hybridized carbons (Fsp3) is 0.250. The third-order valence-electron chi connectivity index (χ3n) is 2.54. The van der Waals surface area contributed by atoms with Crippen molar-refractivity contribution in [3.05, 3.63) is 60.2 Å². The van der Waals surface area contributed by atoms with Crippen LogP contribution in [0, 0.1) is 5.92 Å². The van der Waals surface area contributed by atoms with Gasteiger partial charge in [0.25, 0.3) is 0 Å². The van der Waals surface area contributed by atoms with Gasteiger partial charge in [0.2, 0.25) is 0 Å². The molecule has 94 valence electrons. The summed E-state index contributed by atoms with van der Waals surface area (Å²) in [5.74, 6) is 2.08. The van der Waals surface area contributed by atoms with Crippen molar-refractivity contribution in [2.75, 3.05) is 0 Å². The predicted octanol–water partition coefficient (Wildman–Crippen LogP) is 4.26. The lowest BCUT2D eigenvalue weighted by Crippen LogP contribution is -2.00. The average Bonchev–Trinajstić information content (AvgIpc) is 2.38. The third-order valence-corrected chi connectivity index (χ3v) is 2.54. The van der Waals surface area contributed by atoms with Gasteiger partial charge in [-0.05, 0) is 42.2 Å². The number of hydrogen-bond donors (Lipinski definition) is 0. The van der Waals surface area contributed by atoms with Gasteiger partial charge in [0.05, 0.1) is 0 Å². The summed E-state index contributed by atoms with van der Waals surface area (Å²) in [5.41, 5.74) is 1.32. The van der Waals surface area contributed by atoms with Crippen LogP contribution in [0.3, 0.4) is 0 Å². The zero-order valence-electron chi connectivity index (χ0n) is 10.8. The van der Waals surface area contributed by atoms with Gasteiger partial charge in [-0.3, -0.25) is 9.78 Å². The molecule has 2 nitrogen and oxygen atoms in total. The Morgan fingerprint density at radius 1 is 0.778 bits per heavy atom. The van der Waals surface area contributed by atoms with Crippen molar-refractivity contribution < 1.29 is 9.78 Å². The summed E-state index contributed by atoms with van der Waals surface area (Å²) in [6.45, 7) is 4.42. The maximum Gasteiger partial charge on any atom is 0.178 e. The van der Waals surface area contributed by atoms with Gasteiger partial charge in [-0.15, -0.1) is 0 Å². The molecule has 0 unspecified atom stereocenters. The first-order valence-electron chi connectivity index (χ1n) is 6.22. The predicted molar refractivity (Wildman–Crippen MR) is 72.7 cm³/mol. The van der Waals surface area contributed by atoms with Crippen LogP contribution in [0.5, 0.6) is 11.5 Å². The smallest absolute Gasteiger partial charge is 0.178 e. The van der Waals surface area contributed by atoms with Crippen LogP contribution in [0.2, 0.25) is 0 Å². The maximum atomic E-state index is 5.25. The molecule has 2 aromatic carbocycles. The monoisotopic (exact) mass is 242 g/mol. The highest BCUT2D eigenvalue weighted by molar-refractivity contribution is 5.27. The molecule has 0 N–H and O–H groups in total. The number of benzene rings is 2. The van der Waals surface area contributed by atoms with Crippen molar-refractivity contribution in [2.24, 2.45) is 5.92 Å². The Hall–Kier alpha value is -1.96. The Morgan fingerprint density at radius 2 is 1.33 bits per heavy atom. The molecular formula is C16H18O2. The molecule has 0 fully saturated rings. The van der Waals surface area contributed by atoms with Gasteiger partial charge in [0.1, 0.15) is 0 Å². The minimum Gasteiger partial charge on any atom is -0.290 e. The van der Waals surface area contributed by atoms with Gasteiger partial charge < -0.3 is 0 Å². The van der Waals surface area contributed by atoms with Crippen LogP contribution in [0.15, 0.2) is 54.6 Å². The van der Waals surface area contributed by atoms with Crippen LogP contribution in [0.4, 0.5) is 0 Å². The minimum atomic E-state index is 0.664. The normalized spacial score (nSPS) is 10.4. The first-order valence-corrected chi connectivity index (χ1v) is 6.22. The van der Waals surface area contributed by atoms with Crippen LogP contribution >= 0.6 is 0 Å². The van der Waals surface area contributed by atoms with Crippen LogP contribution < -0.4 is 9.78 Å². The zero-order valence-corrected chi connectivity index (χ0v) is 10.8. The molecule has 0 saturated heterocycles. The van der Waals surface area contributed by atoms with Gasteiger partial charge in [-0.2, -0.15) is 0 Å². The van der Waals surface area contributed by atoms with Gasteiger partial charge in [-0.25, -0.2) is 0 Å². The van der Waals surface area contributed by atoms with Gasteiger partial charge in [0, 0.05) is 0 Å². The van der Waals surface area contributed by atoms with Crippen molar-refractivity contribution in [3.63, 3.8) is 0 Å². The summed E-state index contributed by atoms with van der Waals surface area (Å²) in [6.07, 6.45) is 1.08. The van der Waals surface area contributed by atoms with E-state index in [0.717, 1.165) is 6.42 Å². The molecule has 0 saturated carbocycles. The Labute approximate surface area is 108 Å². The van der Waals surface area contributed by atoms with Crippen LogP contribution in [0.1, 0.15) is 19.4 Å². The van der Waals surface area contributed by atoms with E-state index in [1.807, 2.05) is 42.5 Å². The number of hydrogen-bond acceptors (Lipinski definition) is 2. The lowest BCUT2D eigenvalue weighted by molar-refractivity contribution is -0.0999. The molecule has 0 heterocycles. The zero-order chi connectivity index (χ0) is 12.8. The largest absolute Gasteiger partial charge is 0.290 e. The van der Waals surface area contributed by atoms with Crippen LogP contribution in [0.25, 0.3) is 0 Å². The molecule has 0 atom stereocenters. The Bertz CT molecular complexity index is 460. The molecule has 0 radical (unpaired) electrons.